The van der Waals surface area contributed by atoms with E-state index in [0.29, 0.717) is 42.4 Å². The molecule has 1 aliphatic rings. The molecule has 128 valence electrons. The van der Waals surface area contributed by atoms with Crippen LogP contribution in [0.5, 0.6) is 5.75 Å². The number of hydrogen-bond donors (Lipinski definition) is 0. The van der Waals surface area contributed by atoms with Crippen LogP contribution in [0.25, 0.3) is 0 Å². The molecule has 1 fully saturated rings. The molecule has 1 saturated heterocycles. The van der Waals surface area contributed by atoms with Gasteiger partial charge in [0.25, 0.3) is 0 Å². The molecule has 0 aromatic heterocycles. The summed E-state index contributed by atoms with van der Waals surface area (Å²) >= 11 is 0. The monoisotopic (exact) mass is 346 g/mol. The maximum Gasteiger partial charge on any atom is 0.243 e. The summed E-state index contributed by atoms with van der Waals surface area (Å²) in [4.78, 5) is 2.57. The van der Waals surface area contributed by atoms with Gasteiger partial charge in [0.05, 0.1) is 12.0 Å². The first-order chi connectivity index (χ1) is 11.5. The third-order valence-electron chi connectivity index (χ3n) is 4.36. The predicted octanol–water partition coefficient (Wildman–Crippen LogP) is 2.51. The Bertz CT molecular complexity index is 798. The average Bonchev–Trinajstić information content (AvgIpc) is 2.62. The molecule has 0 aliphatic carbocycles. The van der Waals surface area contributed by atoms with Crippen molar-refractivity contribution >= 4 is 15.7 Å². The van der Waals surface area contributed by atoms with Crippen LogP contribution in [0, 0.1) is 6.92 Å². The van der Waals surface area contributed by atoms with E-state index < -0.39 is 10.0 Å². The average molecular weight is 346 g/mol. The number of aryl methyl sites for hydroxylation is 1. The lowest BCUT2D eigenvalue weighted by atomic mass is 10.2. The number of anilines is 1. The van der Waals surface area contributed by atoms with E-state index in [9.17, 15) is 8.42 Å². The van der Waals surface area contributed by atoms with Crippen molar-refractivity contribution in [1.82, 2.24) is 4.31 Å². The van der Waals surface area contributed by atoms with Crippen molar-refractivity contribution in [2.24, 2.45) is 0 Å². The van der Waals surface area contributed by atoms with E-state index in [1.165, 1.54) is 0 Å². The van der Waals surface area contributed by atoms with Crippen LogP contribution in [0.1, 0.15) is 5.56 Å². The number of para-hydroxylation sites is 1. The number of piperazine rings is 1. The Kier molecular flexibility index (Phi) is 4.78. The van der Waals surface area contributed by atoms with Crippen LogP contribution in [-0.4, -0.2) is 46.0 Å². The Morgan fingerprint density at radius 1 is 0.958 bits per heavy atom. The number of benzene rings is 2. The van der Waals surface area contributed by atoms with Crippen LogP contribution in [-0.2, 0) is 10.0 Å². The van der Waals surface area contributed by atoms with Crippen LogP contribution in [0.4, 0.5) is 5.69 Å². The van der Waals surface area contributed by atoms with Gasteiger partial charge in [0.15, 0.2) is 0 Å². The number of rotatable bonds is 4. The first-order valence-electron chi connectivity index (χ1n) is 7.97. The molecule has 5 nitrogen and oxygen atoms in total. The van der Waals surface area contributed by atoms with Gasteiger partial charge in [-0.05, 0) is 42.8 Å². The molecule has 6 heteroatoms. The second kappa shape index (κ2) is 6.83. The molecule has 0 radical (unpaired) electrons. The van der Waals surface area contributed by atoms with Crippen molar-refractivity contribution in [3.05, 3.63) is 54.1 Å². The highest BCUT2D eigenvalue weighted by Crippen LogP contribution is 2.25. The van der Waals surface area contributed by atoms with Crippen molar-refractivity contribution < 1.29 is 13.2 Å². The lowest BCUT2D eigenvalue weighted by molar-refractivity contribution is 0.384. The lowest BCUT2D eigenvalue weighted by Gasteiger charge is -2.35. The van der Waals surface area contributed by atoms with E-state index in [2.05, 4.69) is 17.0 Å². The van der Waals surface area contributed by atoms with Gasteiger partial charge in [0, 0.05) is 31.9 Å². The Balaban J connectivity index is 1.76. The molecule has 2 aromatic carbocycles. The maximum absolute atomic E-state index is 12.9. The molecule has 1 heterocycles. The molecule has 1 aliphatic heterocycles. The van der Waals surface area contributed by atoms with E-state index in [4.69, 9.17) is 4.74 Å². The van der Waals surface area contributed by atoms with E-state index >= 15 is 0 Å². The molecule has 0 N–H and O–H groups in total. The molecule has 3 rings (SSSR count). The second-order valence-corrected chi connectivity index (χ2v) is 7.76. The highest BCUT2D eigenvalue weighted by Gasteiger charge is 2.29. The van der Waals surface area contributed by atoms with Gasteiger partial charge >= 0.3 is 0 Å². The number of hydrogen-bond acceptors (Lipinski definition) is 4. The number of sulfonamides is 1. The molecule has 0 saturated carbocycles. The summed E-state index contributed by atoms with van der Waals surface area (Å²) in [6, 6.07) is 15.2. The van der Waals surface area contributed by atoms with Crippen molar-refractivity contribution in [2.75, 3.05) is 38.2 Å². The smallest absolute Gasteiger partial charge is 0.243 e. The molecule has 2 aromatic rings. The van der Waals surface area contributed by atoms with Crippen LogP contribution >= 0.6 is 0 Å². The van der Waals surface area contributed by atoms with Gasteiger partial charge in [-0.25, -0.2) is 8.42 Å². The van der Waals surface area contributed by atoms with Crippen molar-refractivity contribution in [3.8, 4) is 5.75 Å². The van der Waals surface area contributed by atoms with Crippen molar-refractivity contribution in [3.63, 3.8) is 0 Å². The zero-order valence-electron chi connectivity index (χ0n) is 14.0. The summed E-state index contributed by atoms with van der Waals surface area (Å²) < 4.78 is 32.6. The van der Waals surface area contributed by atoms with Crippen LogP contribution in [0.2, 0.25) is 0 Å². The highest BCUT2D eigenvalue weighted by molar-refractivity contribution is 7.89. The Hall–Kier alpha value is -2.05. The van der Waals surface area contributed by atoms with E-state index in [1.807, 2.05) is 18.2 Å². The number of nitrogens with zero attached hydrogens (tertiary/aromatic N) is 2. The number of methoxy groups -OCH3 is 1. The summed E-state index contributed by atoms with van der Waals surface area (Å²) in [6.45, 7) is 4.16. The zero-order valence-corrected chi connectivity index (χ0v) is 14.8. The van der Waals surface area contributed by atoms with Gasteiger partial charge in [-0.2, -0.15) is 4.31 Å². The molecule has 24 heavy (non-hydrogen) atoms. The Morgan fingerprint density at radius 2 is 1.62 bits per heavy atom. The topological polar surface area (TPSA) is 49.9 Å². The zero-order chi connectivity index (χ0) is 17.2. The highest BCUT2D eigenvalue weighted by atomic mass is 32.2. The minimum atomic E-state index is -3.47. The minimum Gasteiger partial charge on any atom is -0.497 e. The van der Waals surface area contributed by atoms with E-state index in [1.54, 1.807) is 36.5 Å². The predicted molar refractivity (Wildman–Crippen MR) is 95.1 cm³/mol. The maximum atomic E-state index is 12.9. The van der Waals surface area contributed by atoms with Crippen LogP contribution < -0.4 is 9.64 Å². The summed E-state index contributed by atoms with van der Waals surface area (Å²) in [6.07, 6.45) is 0. The quantitative estimate of drug-likeness (QED) is 0.854. The summed E-state index contributed by atoms with van der Waals surface area (Å²) in [7, 11) is -1.90. The molecule has 0 spiro atoms. The van der Waals surface area contributed by atoms with Gasteiger partial charge in [0.2, 0.25) is 10.0 Å². The second-order valence-electron chi connectivity index (χ2n) is 5.86. The largest absolute Gasteiger partial charge is 0.497 e. The summed E-state index contributed by atoms with van der Waals surface area (Å²) in [5.74, 6) is 0.667. The van der Waals surface area contributed by atoms with E-state index in [0.717, 1.165) is 5.69 Å². The molecular formula is C18H22N2O3S. The Labute approximate surface area is 143 Å². The SMILES string of the molecule is COc1ccc(S(=O)(=O)N2CCN(c3ccccc3)CC2)c(C)c1. The van der Waals surface area contributed by atoms with Gasteiger partial charge in [0.1, 0.15) is 5.75 Å². The minimum absolute atomic E-state index is 0.358. The fourth-order valence-electron chi connectivity index (χ4n) is 3.00. The summed E-state index contributed by atoms with van der Waals surface area (Å²) in [5, 5.41) is 0. The van der Waals surface area contributed by atoms with E-state index in [-0.39, 0.29) is 0 Å². The van der Waals surface area contributed by atoms with Crippen molar-refractivity contribution in [2.45, 2.75) is 11.8 Å². The first kappa shape index (κ1) is 16.8. The molecule has 0 atom stereocenters. The fourth-order valence-corrected chi connectivity index (χ4v) is 4.63. The van der Waals surface area contributed by atoms with Gasteiger partial charge in [-0.15, -0.1) is 0 Å². The molecular weight excluding hydrogens is 324 g/mol. The van der Waals surface area contributed by atoms with Gasteiger partial charge < -0.3 is 9.64 Å². The summed E-state index contributed by atoms with van der Waals surface area (Å²) in [5.41, 5.74) is 1.84. The van der Waals surface area contributed by atoms with Crippen LogP contribution in [0.15, 0.2) is 53.4 Å². The van der Waals surface area contributed by atoms with Crippen LogP contribution in [0.3, 0.4) is 0 Å². The van der Waals surface area contributed by atoms with Gasteiger partial charge in [-0.3, -0.25) is 0 Å². The third-order valence-corrected chi connectivity index (χ3v) is 6.42. The Morgan fingerprint density at radius 3 is 2.21 bits per heavy atom. The molecule has 0 bridgehead atoms. The van der Waals surface area contributed by atoms with Crippen molar-refractivity contribution in [1.29, 1.82) is 0 Å². The van der Waals surface area contributed by atoms with Gasteiger partial charge in [-0.1, -0.05) is 18.2 Å². The molecule has 0 amide bonds. The standard InChI is InChI=1S/C18H22N2O3S/c1-15-14-17(23-2)8-9-18(15)24(21,22)20-12-10-19(11-13-20)16-6-4-3-5-7-16/h3-9,14H,10-13H2,1-2H3. The third kappa shape index (κ3) is 3.25. The normalized spacial score (nSPS) is 16.2. The fraction of sp³-hybridized carbons (Fsp3) is 0.333. The number of ether oxygens (including phenoxy) is 1. The first-order valence-corrected chi connectivity index (χ1v) is 9.41. The molecule has 0 unspecified atom stereocenters. The lowest BCUT2D eigenvalue weighted by Crippen LogP contribution is -2.48.